The molecule has 1 aliphatic heterocycles. The minimum atomic E-state index is -0.0452. The lowest BCUT2D eigenvalue weighted by Gasteiger charge is -2.41. The van der Waals surface area contributed by atoms with E-state index in [1.165, 1.54) is 0 Å². The minimum Gasteiger partial charge on any atom is -0.383 e. The number of ether oxygens (including phenoxy) is 1. The summed E-state index contributed by atoms with van der Waals surface area (Å²) in [6.07, 6.45) is 3.86. The smallest absolute Gasteiger partial charge is 0.321 e. The predicted octanol–water partition coefficient (Wildman–Crippen LogP) is 2.45. The molecule has 0 radical (unpaired) electrons. The summed E-state index contributed by atoms with van der Waals surface area (Å²) < 4.78 is 6.89. The van der Waals surface area contributed by atoms with Crippen LogP contribution in [-0.2, 0) is 11.8 Å². The number of methoxy groups -OCH3 is 1. The first-order valence-corrected chi connectivity index (χ1v) is 9.85. The van der Waals surface area contributed by atoms with Gasteiger partial charge in [0.15, 0.2) is 5.82 Å². The second-order valence-electron chi connectivity index (χ2n) is 7.17. The van der Waals surface area contributed by atoms with Crippen LogP contribution in [0.5, 0.6) is 0 Å². The number of carbonyl (C=O) groups is 1. The molecule has 1 atom stereocenters. The Balaban J connectivity index is 1.58. The lowest BCUT2D eigenvalue weighted by atomic mass is 10.1. The summed E-state index contributed by atoms with van der Waals surface area (Å²) in [5, 5.41) is 7.31. The van der Waals surface area contributed by atoms with E-state index in [1.54, 1.807) is 18.1 Å². The molecule has 28 heavy (non-hydrogen) atoms. The molecule has 1 fully saturated rings. The van der Waals surface area contributed by atoms with E-state index in [1.807, 2.05) is 36.2 Å². The predicted molar refractivity (Wildman–Crippen MR) is 109 cm³/mol. The van der Waals surface area contributed by atoms with E-state index in [-0.39, 0.29) is 6.03 Å². The van der Waals surface area contributed by atoms with Crippen molar-refractivity contribution in [3.8, 4) is 11.4 Å². The van der Waals surface area contributed by atoms with Crippen molar-refractivity contribution in [3.63, 3.8) is 0 Å². The maximum atomic E-state index is 12.7. The molecule has 0 saturated carbocycles. The normalized spacial score (nSPS) is 17.7. The number of nitrogens with zero attached hydrogens (tertiary/aromatic N) is 5. The fraction of sp³-hybridized carbons (Fsp3) is 0.550. The molecular weight excluding hydrogens is 356 g/mol. The summed E-state index contributed by atoms with van der Waals surface area (Å²) in [5.74, 6) is 0.676. The molecule has 8 nitrogen and oxygen atoms in total. The highest BCUT2D eigenvalue weighted by Gasteiger charge is 2.28. The van der Waals surface area contributed by atoms with Crippen LogP contribution in [0, 0.1) is 0 Å². The average molecular weight is 387 g/mol. The summed E-state index contributed by atoms with van der Waals surface area (Å²) in [6.45, 7) is 6.19. The molecule has 2 amide bonds. The number of benzene rings is 1. The first-order valence-electron chi connectivity index (χ1n) is 9.85. The van der Waals surface area contributed by atoms with Gasteiger partial charge in [-0.25, -0.2) is 9.78 Å². The number of rotatable bonds is 7. The lowest BCUT2D eigenvalue weighted by Crippen LogP contribution is -2.56. The number of hydrogen-bond acceptors (Lipinski definition) is 5. The number of piperazine rings is 1. The average Bonchev–Trinajstić information content (AvgIpc) is 3.14. The van der Waals surface area contributed by atoms with Gasteiger partial charge in [0, 0.05) is 57.6 Å². The molecule has 1 aromatic heterocycles. The molecule has 8 heteroatoms. The number of aromatic nitrogens is 3. The second kappa shape index (κ2) is 9.66. The van der Waals surface area contributed by atoms with E-state index < -0.39 is 0 Å². The van der Waals surface area contributed by atoms with E-state index in [0.717, 1.165) is 56.9 Å². The van der Waals surface area contributed by atoms with E-state index in [4.69, 9.17) is 4.74 Å². The van der Waals surface area contributed by atoms with E-state index in [9.17, 15) is 4.79 Å². The Kier molecular flexibility index (Phi) is 7.00. The highest BCUT2D eigenvalue weighted by atomic mass is 16.5. The lowest BCUT2D eigenvalue weighted by molar-refractivity contribution is 0.0628. The maximum Gasteiger partial charge on any atom is 0.321 e. The molecule has 1 unspecified atom stereocenters. The fourth-order valence-electron chi connectivity index (χ4n) is 3.56. The quantitative estimate of drug-likeness (QED) is 0.791. The van der Waals surface area contributed by atoms with Crippen molar-refractivity contribution in [2.45, 2.75) is 25.8 Å². The Bertz CT molecular complexity index is 760. The van der Waals surface area contributed by atoms with Crippen molar-refractivity contribution < 1.29 is 9.53 Å². The number of amides is 2. The third-order valence-electron chi connectivity index (χ3n) is 5.09. The highest BCUT2D eigenvalue weighted by Crippen LogP contribution is 2.19. The number of anilines is 1. The molecule has 0 bridgehead atoms. The molecule has 1 aliphatic rings. The number of nitrogens with one attached hydrogen (secondary N) is 1. The van der Waals surface area contributed by atoms with Crippen molar-refractivity contribution in [1.82, 2.24) is 24.6 Å². The topological polar surface area (TPSA) is 75.5 Å². The Labute approximate surface area is 166 Å². The molecule has 0 spiro atoms. The number of urea groups is 1. The largest absolute Gasteiger partial charge is 0.383 e. The van der Waals surface area contributed by atoms with Gasteiger partial charge in [-0.1, -0.05) is 13.3 Å². The van der Waals surface area contributed by atoms with Gasteiger partial charge < -0.3 is 15.0 Å². The summed E-state index contributed by atoms with van der Waals surface area (Å²) >= 11 is 0. The molecule has 0 aliphatic carbocycles. The zero-order valence-electron chi connectivity index (χ0n) is 17.0. The number of carbonyl (C=O) groups excluding carboxylic acids is 1. The standard InChI is InChI=1S/C20H30N6O2/c1-4-5-18-14-26(11-10-25(18)12-13-28-3)20(27)22-17-8-6-16(7-9-17)19-21-15-24(2)23-19/h6-9,15,18H,4-5,10-14H2,1-3H3,(H,22,27). The molecule has 152 valence electrons. The van der Waals surface area contributed by atoms with Crippen LogP contribution in [0.1, 0.15) is 19.8 Å². The molecule has 1 aromatic carbocycles. The van der Waals surface area contributed by atoms with Gasteiger partial charge in [0.05, 0.1) is 6.61 Å². The van der Waals surface area contributed by atoms with Crippen LogP contribution < -0.4 is 5.32 Å². The van der Waals surface area contributed by atoms with Gasteiger partial charge in [-0.15, -0.1) is 0 Å². The van der Waals surface area contributed by atoms with Gasteiger partial charge in [0.2, 0.25) is 0 Å². The van der Waals surface area contributed by atoms with Gasteiger partial charge in [-0.2, -0.15) is 5.10 Å². The third-order valence-corrected chi connectivity index (χ3v) is 5.09. The van der Waals surface area contributed by atoms with Crippen molar-refractivity contribution >= 4 is 11.7 Å². The monoisotopic (exact) mass is 386 g/mol. The Morgan fingerprint density at radius 1 is 1.29 bits per heavy atom. The van der Waals surface area contributed by atoms with Crippen LogP contribution in [-0.4, -0.2) is 76.5 Å². The molecule has 1 saturated heterocycles. The van der Waals surface area contributed by atoms with Crippen LogP contribution >= 0.6 is 0 Å². The van der Waals surface area contributed by atoms with E-state index in [0.29, 0.717) is 11.9 Å². The minimum absolute atomic E-state index is 0.0452. The molecule has 2 aromatic rings. The van der Waals surface area contributed by atoms with Crippen molar-refractivity contribution in [2.75, 3.05) is 45.2 Å². The zero-order valence-corrected chi connectivity index (χ0v) is 17.0. The van der Waals surface area contributed by atoms with Crippen LogP contribution in [0.15, 0.2) is 30.6 Å². The van der Waals surface area contributed by atoms with Gasteiger partial charge in [-0.05, 0) is 30.7 Å². The fourth-order valence-corrected chi connectivity index (χ4v) is 3.56. The second-order valence-corrected chi connectivity index (χ2v) is 7.17. The van der Waals surface area contributed by atoms with Crippen molar-refractivity contribution in [2.24, 2.45) is 7.05 Å². The van der Waals surface area contributed by atoms with Gasteiger partial charge in [-0.3, -0.25) is 9.58 Å². The van der Waals surface area contributed by atoms with Gasteiger partial charge in [0.1, 0.15) is 6.33 Å². The van der Waals surface area contributed by atoms with Crippen LogP contribution in [0.4, 0.5) is 10.5 Å². The Hall–Kier alpha value is -2.45. The zero-order chi connectivity index (χ0) is 19.9. The van der Waals surface area contributed by atoms with Crippen LogP contribution in [0.25, 0.3) is 11.4 Å². The first kappa shape index (κ1) is 20.3. The van der Waals surface area contributed by atoms with Crippen LogP contribution in [0.2, 0.25) is 0 Å². The summed E-state index contributed by atoms with van der Waals surface area (Å²) in [7, 11) is 3.57. The van der Waals surface area contributed by atoms with E-state index in [2.05, 4.69) is 27.2 Å². The summed E-state index contributed by atoms with van der Waals surface area (Å²) in [6, 6.07) is 7.97. The van der Waals surface area contributed by atoms with Crippen molar-refractivity contribution in [3.05, 3.63) is 30.6 Å². The first-order chi connectivity index (χ1) is 13.6. The van der Waals surface area contributed by atoms with Gasteiger partial charge in [0.25, 0.3) is 0 Å². The summed E-state index contributed by atoms with van der Waals surface area (Å²) in [5.41, 5.74) is 1.70. The van der Waals surface area contributed by atoms with Crippen molar-refractivity contribution in [1.29, 1.82) is 0 Å². The van der Waals surface area contributed by atoms with Crippen LogP contribution in [0.3, 0.4) is 0 Å². The molecule has 2 heterocycles. The third kappa shape index (κ3) is 5.08. The van der Waals surface area contributed by atoms with E-state index >= 15 is 0 Å². The number of hydrogen-bond donors (Lipinski definition) is 1. The Morgan fingerprint density at radius 3 is 2.71 bits per heavy atom. The van der Waals surface area contributed by atoms with Gasteiger partial charge >= 0.3 is 6.03 Å². The molecule has 1 N–H and O–H groups in total. The maximum absolute atomic E-state index is 12.7. The SMILES string of the molecule is CCCC1CN(C(=O)Nc2ccc(-c3ncn(C)n3)cc2)CCN1CCOC. The molecule has 3 rings (SSSR count). The molecular formula is C20H30N6O2. The summed E-state index contributed by atoms with van der Waals surface area (Å²) in [4.78, 5) is 21.3. The number of aryl methyl sites for hydroxylation is 1. The highest BCUT2D eigenvalue weighted by molar-refractivity contribution is 5.89. The Morgan fingerprint density at radius 2 is 2.07 bits per heavy atom.